The zero-order chi connectivity index (χ0) is 20.3. The topological polar surface area (TPSA) is 78.4 Å². The fraction of sp³-hybridized carbons (Fsp3) is 0.429. The number of benzene rings is 1. The van der Waals surface area contributed by atoms with Gasteiger partial charge in [0.05, 0.1) is 0 Å². The molecule has 0 radical (unpaired) electrons. The predicted molar refractivity (Wildman–Crippen MR) is 110 cm³/mol. The molecule has 1 aromatic carbocycles. The van der Waals surface area contributed by atoms with Crippen LogP contribution in [-0.2, 0) is 10.2 Å². The van der Waals surface area contributed by atoms with Gasteiger partial charge in [0.1, 0.15) is 17.3 Å². The number of rotatable bonds is 4. The number of nitrogens with zero attached hydrogens (tertiary/aromatic N) is 4. The van der Waals surface area contributed by atoms with Crippen LogP contribution in [0.4, 0.5) is 11.5 Å². The van der Waals surface area contributed by atoms with Gasteiger partial charge in [0.25, 0.3) is 5.91 Å². The van der Waals surface area contributed by atoms with Crippen molar-refractivity contribution in [2.75, 3.05) is 36.4 Å². The molecule has 1 aliphatic heterocycles. The Hall–Kier alpha value is -2.96. The lowest BCUT2D eigenvalue weighted by atomic mass is 9.86. The van der Waals surface area contributed by atoms with Crippen molar-refractivity contribution in [3.05, 3.63) is 47.4 Å². The number of hydrogen-bond donors (Lipinski definition) is 1. The summed E-state index contributed by atoms with van der Waals surface area (Å²) in [6.45, 7) is 10.8. The van der Waals surface area contributed by atoms with Gasteiger partial charge >= 0.3 is 0 Å². The van der Waals surface area contributed by atoms with Gasteiger partial charge in [-0.2, -0.15) is 0 Å². The lowest BCUT2D eigenvalue weighted by Crippen LogP contribution is -2.46. The van der Waals surface area contributed by atoms with Gasteiger partial charge in [0.15, 0.2) is 0 Å². The third-order valence-corrected chi connectivity index (χ3v) is 4.83. The number of aromatic nitrogens is 2. The first-order valence-electron chi connectivity index (χ1n) is 9.49. The molecule has 1 aliphatic rings. The predicted octanol–water partition coefficient (Wildman–Crippen LogP) is 2.61. The Balaban J connectivity index is 1.82. The Morgan fingerprint density at radius 1 is 1.11 bits per heavy atom. The van der Waals surface area contributed by atoms with Crippen LogP contribution in [0.3, 0.4) is 0 Å². The van der Waals surface area contributed by atoms with E-state index < -0.39 is 0 Å². The summed E-state index contributed by atoms with van der Waals surface area (Å²) in [6, 6.07) is 9.54. The normalized spacial score (nSPS) is 14.7. The fourth-order valence-corrected chi connectivity index (χ4v) is 3.32. The molecule has 0 spiro atoms. The van der Waals surface area contributed by atoms with Crippen LogP contribution in [0.1, 0.15) is 42.6 Å². The van der Waals surface area contributed by atoms with Crippen molar-refractivity contribution in [2.24, 2.45) is 0 Å². The van der Waals surface area contributed by atoms with Crippen LogP contribution in [0.5, 0.6) is 0 Å². The van der Waals surface area contributed by atoms with Crippen molar-refractivity contribution < 1.29 is 9.59 Å². The highest BCUT2D eigenvalue weighted by atomic mass is 16.2. The highest BCUT2D eigenvalue weighted by molar-refractivity contribution is 6.03. The molecule has 0 atom stereocenters. The second-order valence-electron chi connectivity index (χ2n) is 8.04. The van der Waals surface area contributed by atoms with Crippen LogP contribution in [0.25, 0.3) is 0 Å². The molecule has 7 nitrogen and oxygen atoms in total. The molecule has 0 bridgehead atoms. The summed E-state index contributed by atoms with van der Waals surface area (Å²) in [5.41, 5.74) is 2.11. The van der Waals surface area contributed by atoms with E-state index in [4.69, 9.17) is 0 Å². The molecule has 7 heteroatoms. The molecular formula is C21H27N5O2. The van der Waals surface area contributed by atoms with Crippen LogP contribution >= 0.6 is 0 Å². The minimum Gasteiger partial charge on any atom is -0.353 e. The average Bonchev–Trinajstić information content (AvgIpc) is 2.67. The Morgan fingerprint density at radius 2 is 1.79 bits per heavy atom. The van der Waals surface area contributed by atoms with E-state index in [0.29, 0.717) is 43.5 Å². The molecule has 2 heterocycles. The Kier molecular flexibility index (Phi) is 5.63. The first kappa shape index (κ1) is 19.8. The molecule has 0 unspecified atom stereocenters. The van der Waals surface area contributed by atoms with Gasteiger partial charge in [0.2, 0.25) is 6.41 Å². The molecule has 1 fully saturated rings. The third kappa shape index (κ3) is 4.47. The van der Waals surface area contributed by atoms with E-state index in [1.54, 1.807) is 17.9 Å². The Labute approximate surface area is 165 Å². The monoisotopic (exact) mass is 381 g/mol. The number of para-hydroxylation sites is 1. The first-order chi connectivity index (χ1) is 13.3. The van der Waals surface area contributed by atoms with Crippen molar-refractivity contribution >= 4 is 23.8 Å². The van der Waals surface area contributed by atoms with Crippen LogP contribution in [0.15, 0.2) is 30.3 Å². The van der Waals surface area contributed by atoms with Gasteiger partial charge in [0, 0.05) is 37.9 Å². The van der Waals surface area contributed by atoms with Crippen molar-refractivity contribution in [1.29, 1.82) is 0 Å². The Bertz CT molecular complexity index is 867. The van der Waals surface area contributed by atoms with E-state index in [0.717, 1.165) is 17.7 Å². The van der Waals surface area contributed by atoms with Crippen molar-refractivity contribution in [1.82, 2.24) is 14.9 Å². The molecule has 1 N–H and O–H groups in total. The number of carbonyl (C=O) groups is 2. The molecule has 28 heavy (non-hydrogen) atoms. The quantitative estimate of drug-likeness (QED) is 0.824. The third-order valence-electron chi connectivity index (χ3n) is 4.83. The van der Waals surface area contributed by atoms with E-state index in [1.165, 1.54) is 0 Å². The summed E-state index contributed by atoms with van der Waals surface area (Å²) >= 11 is 0. The highest BCUT2D eigenvalue weighted by Crippen LogP contribution is 2.29. The van der Waals surface area contributed by atoms with E-state index in [-0.39, 0.29) is 11.3 Å². The van der Waals surface area contributed by atoms with Crippen molar-refractivity contribution in [3.8, 4) is 0 Å². The number of anilines is 2. The number of carbonyl (C=O) groups excluding carboxylic acids is 2. The SMILES string of the molecule is Cc1nc(C(=O)Nc2ccccc2C(C)(C)C)cc(N2CCN(C=O)CC2)n1. The van der Waals surface area contributed by atoms with Gasteiger partial charge in [-0.05, 0) is 24.0 Å². The first-order valence-corrected chi connectivity index (χ1v) is 9.49. The summed E-state index contributed by atoms with van der Waals surface area (Å²) in [5.74, 6) is 1.01. The molecular weight excluding hydrogens is 354 g/mol. The summed E-state index contributed by atoms with van der Waals surface area (Å²) < 4.78 is 0. The minimum atomic E-state index is -0.255. The molecule has 1 aromatic heterocycles. The number of amides is 2. The minimum absolute atomic E-state index is 0.0884. The van der Waals surface area contributed by atoms with Crippen LogP contribution < -0.4 is 10.2 Å². The summed E-state index contributed by atoms with van der Waals surface area (Å²) in [5, 5.41) is 3.00. The molecule has 2 aromatic rings. The second kappa shape index (κ2) is 7.96. The van der Waals surface area contributed by atoms with Crippen LogP contribution in [0, 0.1) is 6.92 Å². The lowest BCUT2D eigenvalue weighted by Gasteiger charge is -2.33. The van der Waals surface area contributed by atoms with Gasteiger partial charge in [-0.15, -0.1) is 0 Å². The molecule has 148 valence electrons. The van der Waals surface area contributed by atoms with Crippen molar-refractivity contribution in [2.45, 2.75) is 33.1 Å². The fourth-order valence-electron chi connectivity index (χ4n) is 3.32. The molecule has 0 aliphatic carbocycles. The lowest BCUT2D eigenvalue weighted by molar-refractivity contribution is -0.118. The zero-order valence-electron chi connectivity index (χ0n) is 16.9. The van der Waals surface area contributed by atoms with E-state index in [9.17, 15) is 9.59 Å². The van der Waals surface area contributed by atoms with E-state index in [2.05, 4.69) is 41.0 Å². The zero-order valence-corrected chi connectivity index (χ0v) is 16.9. The van der Waals surface area contributed by atoms with Gasteiger partial charge < -0.3 is 15.1 Å². The van der Waals surface area contributed by atoms with Gasteiger partial charge in [-0.3, -0.25) is 9.59 Å². The van der Waals surface area contributed by atoms with Gasteiger partial charge in [-0.25, -0.2) is 9.97 Å². The van der Waals surface area contributed by atoms with E-state index >= 15 is 0 Å². The van der Waals surface area contributed by atoms with Gasteiger partial charge in [-0.1, -0.05) is 39.0 Å². The molecule has 0 saturated carbocycles. The van der Waals surface area contributed by atoms with E-state index in [1.807, 2.05) is 24.3 Å². The molecule has 2 amide bonds. The highest BCUT2D eigenvalue weighted by Gasteiger charge is 2.22. The van der Waals surface area contributed by atoms with Crippen LogP contribution in [0.2, 0.25) is 0 Å². The standard InChI is InChI=1S/C21H27N5O2/c1-15-22-18(13-19(23-15)26-11-9-25(14-27)10-12-26)20(28)24-17-8-6-5-7-16(17)21(2,3)4/h5-8,13-14H,9-12H2,1-4H3,(H,24,28). The maximum Gasteiger partial charge on any atom is 0.274 e. The smallest absolute Gasteiger partial charge is 0.274 e. The largest absolute Gasteiger partial charge is 0.353 e. The maximum atomic E-state index is 12.9. The Morgan fingerprint density at radius 3 is 2.43 bits per heavy atom. The number of hydrogen-bond acceptors (Lipinski definition) is 5. The average molecular weight is 381 g/mol. The summed E-state index contributed by atoms with van der Waals surface area (Å²) in [7, 11) is 0. The molecule has 3 rings (SSSR count). The number of piperazine rings is 1. The number of aryl methyl sites for hydroxylation is 1. The van der Waals surface area contributed by atoms with Crippen LogP contribution in [-0.4, -0.2) is 53.4 Å². The maximum absolute atomic E-state index is 12.9. The second-order valence-corrected chi connectivity index (χ2v) is 8.04. The molecule has 1 saturated heterocycles. The summed E-state index contributed by atoms with van der Waals surface area (Å²) in [4.78, 5) is 36.4. The number of nitrogens with one attached hydrogen (secondary N) is 1. The van der Waals surface area contributed by atoms with Crippen molar-refractivity contribution in [3.63, 3.8) is 0 Å². The summed E-state index contributed by atoms with van der Waals surface area (Å²) in [6.07, 6.45) is 0.869.